The van der Waals surface area contributed by atoms with Crippen LogP contribution in [0.1, 0.15) is 64.2 Å². The predicted molar refractivity (Wildman–Crippen MR) is 124 cm³/mol. The zero-order chi connectivity index (χ0) is 21.5. The van der Waals surface area contributed by atoms with Gasteiger partial charge in [-0.2, -0.15) is 0 Å². The number of nitrogens with zero attached hydrogens (tertiary/aromatic N) is 1. The third-order valence-electron chi connectivity index (χ3n) is 8.26. The van der Waals surface area contributed by atoms with Gasteiger partial charge in [0.05, 0.1) is 6.10 Å². The van der Waals surface area contributed by atoms with E-state index >= 15 is 0 Å². The highest BCUT2D eigenvalue weighted by atomic mass is 16.5. The number of ether oxygens (including phenoxy) is 1. The maximum Gasteiger partial charge on any atom is 0.223 e. The van der Waals surface area contributed by atoms with Crippen LogP contribution in [-0.2, 0) is 9.53 Å². The molecule has 0 radical (unpaired) electrons. The van der Waals surface area contributed by atoms with Gasteiger partial charge in [-0.05, 0) is 82.7 Å². The monoisotopic (exact) mass is 435 g/mol. The molecule has 2 saturated carbocycles. The van der Waals surface area contributed by atoms with E-state index in [1.165, 1.54) is 58.0 Å². The summed E-state index contributed by atoms with van der Waals surface area (Å²) < 4.78 is 5.53. The fourth-order valence-electron chi connectivity index (χ4n) is 6.23. The van der Waals surface area contributed by atoms with Gasteiger partial charge in [-0.25, -0.2) is 0 Å². The second kappa shape index (κ2) is 11.9. The number of likely N-dealkylation sites (tertiary alicyclic amines) is 1. The summed E-state index contributed by atoms with van der Waals surface area (Å²) in [5.74, 6) is 1.96. The number of carbonyl (C=O) groups is 1. The average Bonchev–Trinajstić information content (AvgIpc) is 3.33. The molecule has 1 amide bonds. The van der Waals surface area contributed by atoms with Crippen LogP contribution in [0.15, 0.2) is 0 Å². The first kappa shape index (κ1) is 23.4. The van der Waals surface area contributed by atoms with E-state index in [0.29, 0.717) is 12.1 Å². The van der Waals surface area contributed by atoms with Gasteiger partial charge in [-0.3, -0.25) is 20.7 Å². The quantitative estimate of drug-likeness (QED) is 0.464. The van der Waals surface area contributed by atoms with Gasteiger partial charge in [0.25, 0.3) is 0 Å². The minimum absolute atomic E-state index is 0.164. The van der Waals surface area contributed by atoms with Gasteiger partial charge in [0.2, 0.25) is 5.91 Å². The Kier molecular flexibility index (Phi) is 9.02. The summed E-state index contributed by atoms with van der Waals surface area (Å²) in [4.78, 5) is 15.1. The third kappa shape index (κ3) is 6.87. The minimum Gasteiger partial charge on any atom is -0.381 e. The maximum absolute atomic E-state index is 12.7. The van der Waals surface area contributed by atoms with E-state index in [0.717, 1.165) is 57.3 Å². The van der Waals surface area contributed by atoms with Crippen LogP contribution in [0.5, 0.6) is 0 Å². The van der Waals surface area contributed by atoms with Crippen LogP contribution in [0, 0.1) is 17.8 Å². The highest BCUT2D eigenvalue weighted by molar-refractivity contribution is 5.78. The fourth-order valence-corrected chi connectivity index (χ4v) is 6.23. The molecule has 0 aromatic carbocycles. The van der Waals surface area contributed by atoms with Crippen LogP contribution in [0.3, 0.4) is 0 Å². The molecule has 2 aliphatic carbocycles. The molecule has 4 rings (SSSR count). The Balaban J connectivity index is 1.12. The first-order valence-electron chi connectivity index (χ1n) is 13.0. The smallest absolute Gasteiger partial charge is 0.223 e. The molecule has 0 aromatic rings. The molecule has 7 heteroatoms. The molecular weight excluding hydrogens is 390 g/mol. The second-order valence-electron chi connectivity index (χ2n) is 10.3. The summed E-state index contributed by atoms with van der Waals surface area (Å²) in [7, 11) is 1.85. The van der Waals surface area contributed by atoms with E-state index in [9.17, 15) is 4.79 Å². The molecule has 178 valence electrons. The lowest BCUT2D eigenvalue weighted by Gasteiger charge is -2.40. The molecule has 0 bridgehead atoms. The van der Waals surface area contributed by atoms with Crippen LogP contribution in [0.2, 0.25) is 0 Å². The largest absolute Gasteiger partial charge is 0.381 e. The van der Waals surface area contributed by atoms with Crippen molar-refractivity contribution in [1.29, 1.82) is 0 Å². The third-order valence-corrected chi connectivity index (χ3v) is 8.26. The number of nitrogens with one attached hydrogen (secondary N) is 4. The first-order valence-corrected chi connectivity index (χ1v) is 13.0. The van der Waals surface area contributed by atoms with E-state index < -0.39 is 0 Å². The van der Waals surface area contributed by atoms with Crippen LogP contribution < -0.4 is 21.3 Å². The molecule has 2 atom stereocenters. The number of amides is 1. The standard InChI is InChI=1S/C24H45N5O2/c1-31-22-9-7-18(8-10-22)20-16-26-24(27-17-20)28-21-6-4-5-19(15-21)23(30)25-11-14-29-12-2-3-13-29/h18-22,24,26-28H,2-17H2,1H3,(H,25,30). The minimum atomic E-state index is 0.164. The van der Waals surface area contributed by atoms with Crippen molar-refractivity contribution in [2.75, 3.05) is 46.4 Å². The van der Waals surface area contributed by atoms with Crippen LogP contribution in [0.25, 0.3) is 0 Å². The zero-order valence-corrected chi connectivity index (χ0v) is 19.5. The summed E-state index contributed by atoms with van der Waals surface area (Å²) in [5, 5.41) is 14.3. The first-order chi connectivity index (χ1) is 15.2. The summed E-state index contributed by atoms with van der Waals surface area (Å²) in [5.41, 5.74) is 0. The van der Waals surface area contributed by atoms with Crippen molar-refractivity contribution in [3.05, 3.63) is 0 Å². The van der Waals surface area contributed by atoms with Crippen molar-refractivity contribution >= 4 is 5.91 Å². The van der Waals surface area contributed by atoms with E-state index in [2.05, 4.69) is 26.2 Å². The number of methoxy groups -OCH3 is 1. The number of rotatable bonds is 8. The van der Waals surface area contributed by atoms with Crippen LogP contribution in [-0.4, -0.2) is 75.6 Å². The van der Waals surface area contributed by atoms with Crippen molar-refractivity contribution in [2.24, 2.45) is 17.8 Å². The van der Waals surface area contributed by atoms with Crippen molar-refractivity contribution in [2.45, 2.75) is 82.6 Å². The Bertz CT molecular complexity index is 540. The lowest BCUT2D eigenvalue weighted by atomic mass is 9.78. The van der Waals surface area contributed by atoms with E-state index in [1.807, 2.05) is 7.11 Å². The van der Waals surface area contributed by atoms with Gasteiger partial charge in [0, 0.05) is 45.2 Å². The molecule has 4 aliphatic rings. The van der Waals surface area contributed by atoms with Gasteiger partial charge in [-0.1, -0.05) is 6.42 Å². The number of carbonyl (C=O) groups excluding carboxylic acids is 1. The fraction of sp³-hybridized carbons (Fsp3) is 0.958. The van der Waals surface area contributed by atoms with Crippen molar-refractivity contribution in [3.63, 3.8) is 0 Å². The Labute approximate surface area is 188 Å². The van der Waals surface area contributed by atoms with Gasteiger partial charge in [0.15, 0.2) is 0 Å². The maximum atomic E-state index is 12.7. The summed E-state index contributed by atoms with van der Waals surface area (Å²) in [6.45, 7) is 6.36. The SMILES string of the molecule is COC1CCC(C2CNC(NC3CCCC(C(=O)NCCN4CCCC4)C3)NC2)CC1. The Morgan fingerprint density at radius 2 is 1.71 bits per heavy atom. The van der Waals surface area contributed by atoms with E-state index in [4.69, 9.17) is 4.74 Å². The molecule has 0 spiro atoms. The summed E-state index contributed by atoms with van der Waals surface area (Å²) in [6.07, 6.45) is 12.6. The van der Waals surface area contributed by atoms with E-state index in [1.54, 1.807) is 0 Å². The molecule has 2 heterocycles. The molecule has 4 fully saturated rings. The van der Waals surface area contributed by atoms with Gasteiger partial charge >= 0.3 is 0 Å². The topological polar surface area (TPSA) is 77.7 Å². The second-order valence-corrected chi connectivity index (χ2v) is 10.3. The van der Waals surface area contributed by atoms with Crippen LogP contribution >= 0.6 is 0 Å². The van der Waals surface area contributed by atoms with Crippen molar-refractivity contribution in [3.8, 4) is 0 Å². The zero-order valence-electron chi connectivity index (χ0n) is 19.5. The molecule has 2 saturated heterocycles. The lowest BCUT2D eigenvalue weighted by molar-refractivity contribution is -0.126. The summed E-state index contributed by atoms with van der Waals surface area (Å²) >= 11 is 0. The van der Waals surface area contributed by atoms with Gasteiger partial charge in [0.1, 0.15) is 6.29 Å². The molecule has 2 unspecified atom stereocenters. The highest BCUT2D eigenvalue weighted by Gasteiger charge is 2.33. The Hall–Kier alpha value is -0.730. The Morgan fingerprint density at radius 1 is 0.968 bits per heavy atom. The molecule has 7 nitrogen and oxygen atoms in total. The predicted octanol–water partition coefficient (Wildman–Crippen LogP) is 1.64. The molecule has 4 N–H and O–H groups in total. The molecule has 0 aromatic heterocycles. The van der Waals surface area contributed by atoms with Crippen molar-refractivity contribution < 1.29 is 9.53 Å². The molecular formula is C24H45N5O2. The average molecular weight is 436 g/mol. The molecule has 2 aliphatic heterocycles. The highest BCUT2D eigenvalue weighted by Crippen LogP contribution is 2.32. The Morgan fingerprint density at radius 3 is 2.42 bits per heavy atom. The van der Waals surface area contributed by atoms with Crippen molar-refractivity contribution in [1.82, 2.24) is 26.2 Å². The van der Waals surface area contributed by atoms with Crippen LogP contribution in [0.4, 0.5) is 0 Å². The number of hydrogen-bond acceptors (Lipinski definition) is 6. The van der Waals surface area contributed by atoms with Gasteiger partial charge in [-0.15, -0.1) is 0 Å². The normalized spacial score (nSPS) is 37.6. The van der Waals surface area contributed by atoms with Gasteiger partial charge < -0.3 is 15.0 Å². The van der Waals surface area contributed by atoms with E-state index in [-0.39, 0.29) is 18.1 Å². The molecule has 31 heavy (non-hydrogen) atoms. The summed E-state index contributed by atoms with van der Waals surface area (Å²) in [6, 6.07) is 0.418. The number of hydrogen-bond donors (Lipinski definition) is 4. The lowest BCUT2D eigenvalue weighted by Crippen LogP contribution is -2.63.